The molecule has 122 valence electrons. The summed E-state index contributed by atoms with van der Waals surface area (Å²) in [5.41, 5.74) is 1.04. The summed E-state index contributed by atoms with van der Waals surface area (Å²) in [5.74, 6) is 0. The fourth-order valence-corrected chi connectivity index (χ4v) is 4.18. The Balaban J connectivity index is 1.85. The van der Waals surface area contributed by atoms with Gasteiger partial charge in [0.25, 0.3) is 0 Å². The van der Waals surface area contributed by atoms with Crippen LogP contribution in [0.3, 0.4) is 0 Å². The van der Waals surface area contributed by atoms with E-state index in [1.807, 2.05) is 18.3 Å². The molecule has 23 heavy (non-hydrogen) atoms. The van der Waals surface area contributed by atoms with Crippen LogP contribution in [0, 0.1) is 0 Å². The second kappa shape index (κ2) is 7.38. The van der Waals surface area contributed by atoms with Gasteiger partial charge in [-0.25, -0.2) is 0 Å². The highest BCUT2D eigenvalue weighted by Gasteiger charge is 2.39. The third-order valence-electron chi connectivity index (χ3n) is 4.04. The summed E-state index contributed by atoms with van der Waals surface area (Å²) in [7, 11) is 4.21. The van der Waals surface area contributed by atoms with Crippen molar-refractivity contribution in [2.24, 2.45) is 0 Å². The van der Waals surface area contributed by atoms with Gasteiger partial charge in [-0.15, -0.1) is 11.3 Å². The van der Waals surface area contributed by atoms with Crippen LogP contribution >= 0.6 is 23.6 Å². The van der Waals surface area contributed by atoms with Crippen molar-refractivity contribution in [2.75, 3.05) is 27.2 Å². The summed E-state index contributed by atoms with van der Waals surface area (Å²) < 4.78 is 0. The topological polar surface area (TPSA) is 31.4 Å². The van der Waals surface area contributed by atoms with Crippen LogP contribution in [-0.4, -0.2) is 47.1 Å². The number of nitrogens with zero attached hydrogens (tertiary/aromatic N) is 3. The van der Waals surface area contributed by atoms with Gasteiger partial charge < -0.3 is 15.1 Å². The maximum Gasteiger partial charge on any atom is 0.170 e. The Hall–Kier alpha value is -1.50. The number of hydrogen-bond donors (Lipinski definition) is 1. The van der Waals surface area contributed by atoms with E-state index in [0.29, 0.717) is 0 Å². The molecule has 1 N–H and O–H groups in total. The largest absolute Gasteiger partial charge is 0.352 e. The number of nitrogens with one attached hydrogen (secondary N) is 1. The minimum absolute atomic E-state index is 0.113. The van der Waals surface area contributed by atoms with Gasteiger partial charge in [0.15, 0.2) is 5.11 Å². The average Bonchev–Trinajstić information content (AvgIpc) is 3.16. The molecule has 1 aliphatic heterocycles. The SMILES string of the molecule is CN(C)CCCN1C(=S)N[C@H](c2ccccn2)[C@H]1c1cccs1. The lowest BCUT2D eigenvalue weighted by Crippen LogP contribution is -2.32. The molecule has 4 nitrogen and oxygen atoms in total. The molecule has 3 rings (SSSR count). The Morgan fingerprint density at radius 3 is 2.83 bits per heavy atom. The summed E-state index contributed by atoms with van der Waals surface area (Å²) in [4.78, 5) is 10.4. The van der Waals surface area contributed by atoms with Gasteiger partial charge in [-0.1, -0.05) is 12.1 Å². The molecule has 1 aliphatic rings. The molecule has 0 bridgehead atoms. The van der Waals surface area contributed by atoms with Gasteiger partial charge in [0, 0.05) is 17.6 Å². The van der Waals surface area contributed by atoms with Crippen LogP contribution in [0.5, 0.6) is 0 Å². The van der Waals surface area contributed by atoms with Gasteiger partial charge in [-0.2, -0.15) is 0 Å². The molecule has 0 radical (unpaired) electrons. The van der Waals surface area contributed by atoms with E-state index in [1.54, 1.807) is 11.3 Å². The lowest BCUT2D eigenvalue weighted by atomic mass is 10.0. The Bertz CT molecular complexity index is 627. The van der Waals surface area contributed by atoms with Crippen LogP contribution in [0.4, 0.5) is 0 Å². The molecule has 0 aliphatic carbocycles. The van der Waals surface area contributed by atoms with Crippen LogP contribution < -0.4 is 5.32 Å². The zero-order valence-corrected chi connectivity index (χ0v) is 15.1. The second-order valence-corrected chi connectivity index (χ2v) is 7.36. The van der Waals surface area contributed by atoms with Gasteiger partial charge in [-0.3, -0.25) is 4.98 Å². The predicted molar refractivity (Wildman–Crippen MR) is 99.6 cm³/mol. The zero-order chi connectivity index (χ0) is 16.2. The molecule has 1 fully saturated rings. The molecular formula is C17H22N4S2. The van der Waals surface area contributed by atoms with Crippen molar-refractivity contribution in [1.82, 2.24) is 20.1 Å². The highest BCUT2D eigenvalue weighted by molar-refractivity contribution is 7.80. The molecule has 0 unspecified atom stereocenters. The maximum atomic E-state index is 5.63. The minimum atomic E-state index is 0.113. The van der Waals surface area contributed by atoms with E-state index in [0.717, 1.165) is 30.3 Å². The first-order valence-electron chi connectivity index (χ1n) is 7.83. The van der Waals surface area contributed by atoms with E-state index in [4.69, 9.17) is 12.2 Å². The molecule has 0 saturated carbocycles. The van der Waals surface area contributed by atoms with E-state index in [1.165, 1.54) is 4.88 Å². The molecule has 1 saturated heterocycles. The highest BCUT2D eigenvalue weighted by atomic mass is 32.1. The second-order valence-electron chi connectivity index (χ2n) is 5.99. The van der Waals surface area contributed by atoms with Crippen molar-refractivity contribution in [2.45, 2.75) is 18.5 Å². The number of rotatable bonds is 6. The summed E-state index contributed by atoms with van der Waals surface area (Å²) in [6.07, 6.45) is 2.94. The smallest absolute Gasteiger partial charge is 0.170 e. The van der Waals surface area contributed by atoms with Gasteiger partial charge in [0.1, 0.15) is 0 Å². The first kappa shape index (κ1) is 16.4. The Morgan fingerprint density at radius 1 is 1.30 bits per heavy atom. The molecule has 0 spiro atoms. The predicted octanol–water partition coefficient (Wildman–Crippen LogP) is 3.07. The Morgan fingerprint density at radius 2 is 2.17 bits per heavy atom. The van der Waals surface area contributed by atoms with Crippen molar-refractivity contribution in [3.05, 3.63) is 52.5 Å². The summed E-state index contributed by atoms with van der Waals surface area (Å²) in [5, 5.41) is 6.45. The Kier molecular flexibility index (Phi) is 5.25. The quantitative estimate of drug-likeness (QED) is 0.813. The molecule has 2 aromatic heterocycles. The molecule has 0 aromatic carbocycles. The van der Waals surface area contributed by atoms with Crippen LogP contribution in [-0.2, 0) is 0 Å². The fraction of sp³-hybridized carbons (Fsp3) is 0.412. The standard InChI is InChI=1S/C17H22N4S2/c1-20(2)10-6-11-21-16(14-8-5-12-23-14)15(19-17(21)22)13-7-3-4-9-18-13/h3-5,7-9,12,15-16H,6,10-11H2,1-2H3,(H,19,22)/t15-,16-/m1/s1. The van der Waals surface area contributed by atoms with Crippen LogP contribution in [0.1, 0.15) is 29.1 Å². The van der Waals surface area contributed by atoms with Crippen molar-refractivity contribution in [1.29, 1.82) is 0 Å². The third-order valence-corrected chi connectivity index (χ3v) is 5.33. The van der Waals surface area contributed by atoms with Crippen LogP contribution in [0.15, 0.2) is 41.9 Å². The van der Waals surface area contributed by atoms with Crippen LogP contribution in [0.25, 0.3) is 0 Å². The molecule has 3 heterocycles. The van der Waals surface area contributed by atoms with Crippen molar-refractivity contribution in [3.63, 3.8) is 0 Å². The minimum Gasteiger partial charge on any atom is -0.352 e. The van der Waals surface area contributed by atoms with E-state index >= 15 is 0 Å². The number of thiocarbonyl (C=S) groups is 1. The lowest BCUT2D eigenvalue weighted by molar-refractivity contribution is 0.296. The summed E-state index contributed by atoms with van der Waals surface area (Å²) in [6.45, 7) is 2.01. The van der Waals surface area contributed by atoms with Gasteiger partial charge in [0.2, 0.25) is 0 Å². The van der Waals surface area contributed by atoms with Gasteiger partial charge >= 0.3 is 0 Å². The zero-order valence-electron chi connectivity index (χ0n) is 13.5. The average molecular weight is 347 g/mol. The number of hydrogen-bond acceptors (Lipinski definition) is 4. The van der Waals surface area contributed by atoms with E-state index in [-0.39, 0.29) is 12.1 Å². The molecular weight excluding hydrogens is 324 g/mol. The van der Waals surface area contributed by atoms with E-state index in [9.17, 15) is 0 Å². The van der Waals surface area contributed by atoms with Crippen molar-refractivity contribution >= 4 is 28.7 Å². The first-order chi connectivity index (χ1) is 11.2. The summed E-state index contributed by atoms with van der Waals surface area (Å²) in [6, 6.07) is 10.7. The number of pyridine rings is 1. The van der Waals surface area contributed by atoms with Crippen molar-refractivity contribution < 1.29 is 0 Å². The Labute approximate surface area is 147 Å². The molecule has 6 heteroatoms. The van der Waals surface area contributed by atoms with E-state index in [2.05, 4.69) is 57.8 Å². The maximum absolute atomic E-state index is 5.63. The van der Waals surface area contributed by atoms with Gasteiger partial charge in [-0.05, 0) is 62.9 Å². The van der Waals surface area contributed by atoms with Crippen LogP contribution in [0.2, 0.25) is 0 Å². The third kappa shape index (κ3) is 3.71. The summed E-state index contributed by atoms with van der Waals surface area (Å²) >= 11 is 7.41. The normalized spacial score (nSPS) is 21.0. The first-order valence-corrected chi connectivity index (χ1v) is 9.12. The van der Waals surface area contributed by atoms with E-state index < -0.39 is 0 Å². The van der Waals surface area contributed by atoms with Crippen molar-refractivity contribution in [3.8, 4) is 0 Å². The highest BCUT2D eigenvalue weighted by Crippen LogP contribution is 2.40. The van der Waals surface area contributed by atoms with Gasteiger partial charge in [0.05, 0.1) is 17.8 Å². The monoisotopic (exact) mass is 346 g/mol. The molecule has 2 atom stereocenters. The number of thiophene rings is 1. The number of aromatic nitrogens is 1. The lowest BCUT2D eigenvalue weighted by Gasteiger charge is -2.27. The molecule has 2 aromatic rings. The fourth-order valence-electron chi connectivity index (χ4n) is 2.97. The molecule has 0 amide bonds.